The molecule has 0 bridgehead atoms. The van der Waals surface area contributed by atoms with Crippen molar-refractivity contribution in [3.05, 3.63) is 113 Å². The van der Waals surface area contributed by atoms with Crippen LogP contribution in [0.1, 0.15) is 125 Å². The Hall–Kier alpha value is -6.28. The van der Waals surface area contributed by atoms with E-state index in [1.165, 1.54) is 11.1 Å². The molecule has 0 aliphatic heterocycles. The largest absolute Gasteiger partial charge is 0.494 e. The molecule has 4 aromatic rings. The zero-order valence-corrected chi connectivity index (χ0v) is 37.9. The van der Waals surface area contributed by atoms with Crippen LogP contribution in [0.4, 0.5) is 0 Å². The fraction of sp³-hybridized carbons (Fsp3) is 0.440. The van der Waals surface area contributed by atoms with Crippen molar-refractivity contribution in [3.63, 3.8) is 0 Å². The van der Waals surface area contributed by atoms with Crippen LogP contribution < -0.4 is 15.4 Å². The second-order valence-electron chi connectivity index (χ2n) is 16.4. The highest BCUT2D eigenvalue weighted by molar-refractivity contribution is 5.99. The minimum Gasteiger partial charge on any atom is -0.494 e. The van der Waals surface area contributed by atoms with Gasteiger partial charge >= 0.3 is 11.9 Å². The molecule has 2 N–H and O–H groups in total. The summed E-state index contributed by atoms with van der Waals surface area (Å²) >= 11 is 0. The van der Waals surface area contributed by atoms with Gasteiger partial charge in [0.1, 0.15) is 30.3 Å². The van der Waals surface area contributed by atoms with Gasteiger partial charge in [0.15, 0.2) is 11.5 Å². The summed E-state index contributed by atoms with van der Waals surface area (Å²) < 4.78 is 22.8. The molecule has 1 aromatic heterocycles. The number of hydrogen-bond acceptors (Lipinski definition) is 11. The molecule has 0 aliphatic rings. The first-order valence-electron chi connectivity index (χ1n) is 22.0. The molecule has 0 unspecified atom stereocenters. The highest BCUT2D eigenvalue weighted by Crippen LogP contribution is 2.30. The number of Topliss-reactive ketones (excluding diaryl/α,β-unsaturated/α-hetero) is 1. The molecular weight excluding hydrogens is 819 g/mol. The van der Waals surface area contributed by atoms with Crippen LogP contribution in [0.2, 0.25) is 0 Å². The van der Waals surface area contributed by atoms with Crippen molar-refractivity contribution in [1.82, 2.24) is 15.7 Å². The lowest BCUT2D eigenvalue weighted by Gasteiger charge is -2.32. The maximum Gasteiger partial charge on any atom is 0.309 e. The molecule has 0 saturated carbocycles. The summed E-state index contributed by atoms with van der Waals surface area (Å²) in [4.78, 5) is 84.9. The molecule has 64 heavy (non-hydrogen) atoms. The Labute approximate surface area is 376 Å². The number of carbonyl (C=O) groups is 6. The molecule has 0 aliphatic carbocycles. The standard InChI is InChI=1S/C50H63N3O11/c1-7-10-13-22-41(42(8-2)53(34-54)62-32-36-20-16-12-17-21-36)47(57)51-33-52-48(58)45-25-24-44(63-45)39-27-38(28-40(29-39)60-9-3)43(55)30-37(49(59)64-50(4,5)6)23-26-46(56)61-31-35-18-14-11-15-19-35/h11-12,14-21,24-25,27-29,34,37,41-42H,7-10,13,22-23,26,30-33H2,1-6H3,(H,51,57)(H,52,58)/t37-,41-,42-/m1/s1. The number of esters is 2. The van der Waals surface area contributed by atoms with E-state index in [0.717, 1.165) is 30.4 Å². The van der Waals surface area contributed by atoms with Crippen molar-refractivity contribution in [1.29, 1.82) is 0 Å². The summed E-state index contributed by atoms with van der Waals surface area (Å²) in [5.74, 6) is -3.39. The van der Waals surface area contributed by atoms with Crippen molar-refractivity contribution in [2.75, 3.05) is 13.3 Å². The zero-order chi connectivity index (χ0) is 46.5. The number of hydrogen-bond donors (Lipinski definition) is 2. The van der Waals surface area contributed by atoms with Crippen LogP contribution in [-0.2, 0) is 46.7 Å². The van der Waals surface area contributed by atoms with E-state index in [0.29, 0.717) is 37.2 Å². The fourth-order valence-corrected chi connectivity index (χ4v) is 7.01. The molecule has 344 valence electrons. The third-order valence-electron chi connectivity index (χ3n) is 10.3. The van der Waals surface area contributed by atoms with Crippen molar-refractivity contribution in [2.24, 2.45) is 11.8 Å². The lowest BCUT2D eigenvalue weighted by Crippen LogP contribution is -2.48. The van der Waals surface area contributed by atoms with E-state index in [-0.39, 0.29) is 62.1 Å². The molecule has 0 radical (unpaired) electrons. The molecule has 3 atom stereocenters. The number of ketones is 1. The summed E-state index contributed by atoms with van der Waals surface area (Å²) in [6.07, 6.45) is 3.90. The van der Waals surface area contributed by atoms with Crippen LogP contribution in [0.5, 0.6) is 5.75 Å². The number of benzene rings is 3. The average molecular weight is 882 g/mol. The second-order valence-corrected chi connectivity index (χ2v) is 16.4. The number of furan rings is 1. The molecule has 3 aromatic carbocycles. The molecule has 1 heterocycles. The van der Waals surface area contributed by atoms with E-state index < -0.39 is 47.1 Å². The fourth-order valence-electron chi connectivity index (χ4n) is 7.01. The van der Waals surface area contributed by atoms with Gasteiger partial charge in [-0.15, -0.1) is 0 Å². The molecule has 14 heteroatoms. The minimum atomic E-state index is -0.939. The smallest absolute Gasteiger partial charge is 0.309 e. The maximum absolute atomic E-state index is 13.9. The number of ether oxygens (including phenoxy) is 3. The van der Waals surface area contributed by atoms with Gasteiger partial charge in [-0.2, -0.15) is 0 Å². The Morgan fingerprint density at radius 1 is 0.812 bits per heavy atom. The summed E-state index contributed by atoms with van der Waals surface area (Å²) in [6.45, 7) is 11.3. The van der Waals surface area contributed by atoms with Crippen LogP contribution in [0.25, 0.3) is 11.3 Å². The van der Waals surface area contributed by atoms with Gasteiger partial charge in [-0.3, -0.25) is 33.6 Å². The first kappa shape index (κ1) is 50.4. The number of rotatable bonds is 27. The quantitative estimate of drug-likeness (QED) is 0.0146. The topological polar surface area (TPSA) is 180 Å². The number of unbranched alkanes of at least 4 members (excludes halogenated alkanes) is 2. The summed E-state index contributed by atoms with van der Waals surface area (Å²) in [5.41, 5.74) is 1.55. The molecule has 0 spiro atoms. The van der Waals surface area contributed by atoms with Crippen molar-refractivity contribution in [3.8, 4) is 17.1 Å². The number of nitrogens with one attached hydrogen (secondary N) is 2. The van der Waals surface area contributed by atoms with Crippen LogP contribution in [-0.4, -0.2) is 65.9 Å². The third-order valence-corrected chi connectivity index (χ3v) is 10.3. The van der Waals surface area contributed by atoms with Crippen LogP contribution in [0, 0.1) is 11.8 Å². The SMILES string of the molecule is CCCCC[C@@H](C(=O)NCNC(=O)c1ccc(-c2cc(OCC)cc(C(=O)C[C@@H](CCC(=O)OCc3ccccc3)C(=O)OC(C)(C)C)c2)o1)[C@@H](CC)N(C=O)OCc1ccccc1. The van der Waals surface area contributed by atoms with E-state index >= 15 is 0 Å². The Bertz CT molecular complexity index is 2110. The second kappa shape index (κ2) is 25.7. The first-order valence-corrected chi connectivity index (χ1v) is 22.0. The predicted octanol–water partition coefficient (Wildman–Crippen LogP) is 8.77. The lowest BCUT2D eigenvalue weighted by molar-refractivity contribution is -0.200. The predicted molar refractivity (Wildman–Crippen MR) is 240 cm³/mol. The lowest BCUT2D eigenvalue weighted by atomic mass is 9.90. The zero-order valence-electron chi connectivity index (χ0n) is 37.9. The number of nitrogens with zero attached hydrogens (tertiary/aromatic N) is 1. The normalized spacial score (nSPS) is 12.6. The Balaban J connectivity index is 1.43. The van der Waals surface area contributed by atoms with Crippen molar-refractivity contribution in [2.45, 2.75) is 118 Å². The monoisotopic (exact) mass is 881 g/mol. The molecule has 4 rings (SSSR count). The van der Waals surface area contributed by atoms with Crippen molar-refractivity contribution >= 4 is 35.9 Å². The van der Waals surface area contributed by atoms with E-state index in [1.54, 1.807) is 52.0 Å². The molecule has 14 nitrogen and oxygen atoms in total. The van der Waals surface area contributed by atoms with E-state index in [2.05, 4.69) is 17.6 Å². The minimum absolute atomic E-state index is 0.0302. The molecule has 3 amide bonds. The van der Waals surface area contributed by atoms with E-state index in [4.69, 9.17) is 23.5 Å². The number of hydroxylamine groups is 2. The maximum atomic E-state index is 13.9. The Morgan fingerprint density at radius 3 is 2.12 bits per heavy atom. The average Bonchev–Trinajstić information content (AvgIpc) is 3.79. The Kier molecular flexibility index (Phi) is 20.3. The van der Waals surface area contributed by atoms with E-state index in [1.807, 2.05) is 67.6 Å². The number of amides is 3. The van der Waals surface area contributed by atoms with Gasteiger partial charge in [0.25, 0.3) is 5.91 Å². The summed E-state index contributed by atoms with van der Waals surface area (Å²) in [7, 11) is 0. The Morgan fingerprint density at radius 2 is 1.50 bits per heavy atom. The first-order chi connectivity index (χ1) is 30.7. The van der Waals surface area contributed by atoms with Crippen LogP contribution >= 0.6 is 0 Å². The number of carbonyl (C=O) groups excluding carboxylic acids is 6. The summed E-state index contributed by atoms with van der Waals surface area (Å²) in [6, 6.07) is 26.0. The highest BCUT2D eigenvalue weighted by atomic mass is 16.7. The highest BCUT2D eigenvalue weighted by Gasteiger charge is 2.33. The van der Waals surface area contributed by atoms with Gasteiger partial charge in [0, 0.05) is 24.0 Å². The van der Waals surface area contributed by atoms with Gasteiger partial charge < -0.3 is 29.3 Å². The van der Waals surface area contributed by atoms with Gasteiger partial charge in [-0.25, -0.2) is 5.06 Å². The summed E-state index contributed by atoms with van der Waals surface area (Å²) in [5, 5.41) is 6.69. The van der Waals surface area contributed by atoms with Crippen LogP contribution in [0.15, 0.2) is 95.4 Å². The van der Waals surface area contributed by atoms with Gasteiger partial charge in [0.2, 0.25) is 12.3 Å². The van der Waals surface area contributed by atoms with E-state index in [9.17, 15) is 28.8 Å². The molecule has 0 saturated heterocycles. The van der Waals surface area contributed by atoms with Gasteiger partial charge in [-0.05, 0) is 88.4 Å². The van der Waals surface area contributed by atoms with Gasteiger partial charge in [-0.1, -0.05) is 93.8 Å². The van der Waals surface area contributed by atoms with Gasteiger partial charge in [0.05, 0.1) is 31.2 Å². The van der Waals surface area contributed by atoms with Crippen molar-refractivity contribution < 1.29 is 52.2 Å². The van der Waals surface area contributed by atoms with Crippen LogP contribution in [0.3, 0.4) is 0 Å². The molecule has 0 fully saturated rings. The third kappa shape index (κ3) is 16.4. The molecular formula is C50H63N3O11.